The maximum absolute atomic E-state index is 5.30. The predicted octanol–water partition coefficient (Wildman–Crippen LogP) is 3.46. The lowest BCUT2D eigenvalue weighted by molar-refractivity contribution is 0.844. The molecule has 0 saturated carbocycles. The van der Waals surface area contributed by atoms with Gasteiger partial charge in [0.1, 0.15) is 5.69 Å². The molecule has 2 heterocycles. The lowest BCUT2D eigenvalue weighted by atomic mass is 10.2. The van der Waals surface area contributed by atoms with Gasteiger partial charge >= 0.3 is 0 Å². The van der Waals surface area contributed by atoms with Crippen molar-refractivity contribution in [3.8, 4) is 11.5 Å². The molecule has 4 rings (SSSR count). The van der Waals surface area contributed by atoms with Crippen LogP contribution in [0.3, 0.4) is 0 Å². The van der Waals surface area contributed by atoms with E-state index in [9.17, 15) is 0 Å². The summed E-state index contributed by atoms with van der Waals surface area (Å²) in [7, 11) is 0. The van der Waals surface area contributed by atoms with Gasteiger partial charge in [-0.25, -0.2) is 5.10 Å². The smallest absolute Gasteiger partial charge is 0.216 e. The van der Waals surface area contributed by atoms with E-state index < -0.39 is 0 Å². The first-order valence-corrected chi connectivity index (χ1v) is 8.46. The molecule has 2 aromatic heterocycles. The molecule has 1 aliphatic carbocycles. The molecule has 0 saturated heterocycles. The van der Waals surface area contributed by atoms with E-state index in [1.54, 1.807) is 10.9 Å². The Labute approximate surface area is 145 Å². The number of aromatic nitrogens is 5. The SMILES string of the molecule is S=c1[nH]nc(-c2n[nH]c3c2CCC3)n1/N=C\c1ccc(Br)cc1. The molecule has 1 aliphatic rings. The summed E-state index contributed by atoms with van der Waals surface area (Å²) < 4.78 is 3.09. The monoisotopic (exact) mass is 388 g/mol. The van der Waals surface area contributed by atoms with Crippen LogP contribution in [0.15, 0.2) is 33.8 Å². The van der Waals surface area contributed by atoms with Gasteiger partial charge in [0, 0.05) is 15.7 Å². The highest BCUT2D eigenvalue weighted by Gasteiger charge is 2.23. The van der Waals surface area contributed by atoms with Crippen molar-refractivity contribution >= 4 is 34.4 Å². The van der Waals surface area contributed by atoms with Crippen LogP contribution in [-0.4, -0.2) is 31.3 Å². The van der Waals surface area contributed by atoms with Crippen molar-refractivity contribution in [2.45, 2.75) is 19.3 Å². The third kappa shape index (κ3) is 2.68. The molecular weight excluding hydrogens is 376 g/mol. The third-order valence-corrected chi connectivity index (χ3v) is 4.65. The van der Waals surface area contributed by atoms with Crippen LogP contribution >= 0.6 is 28.1 Å². The molecule has 0 radical (unpaired) electrons. The van der Waals surface area contributed by atoms with Crippen molar-refractivity contribution in [3.05, 3.63) is 50.3 Å². The van der Waals surface area contributed by atoms with E-state index in [0.29, 0.717) is 10.6 Å². The Morgan fingerprint density at radius 3 is 2.83 bits per heavy atom. The number of rotatable bonds is 3. The summed E-state index contributed by atoms with van der Waals surface area (Å²) in [5.74, 6) is 0.641. The van der Waals surface area contributed by atoms with Crippen LogP contribution in [0.4, 0.5) is 0 Å². The number of hydrogen-bond acceptors (Lipinski definition) is 4. The van der Waals surface area contributed by atoms with E-state index in [1.807, 2.05) is 24.3 Å². The fraction of sp³-hybridized carbons (Fsp3) is 0.200. The number of fused-ring (bicyclic) bond motifs is 1. The molecule has 8 heteroatoms. The molecule has 0 fully saturated rings. The van der Waals surface area contributed by atoms with E-state index in [-0.39, 0.29) is 0 Å². The van der Waals surface area contributed by atoms with Crippen LogP contribution in [-0.2, 0) is 12.8 Å². The second-order valence-electron chi connectivity index (χ2n) is 5.34. The van der Waals surface area contributed by atoms with E-state index in [4.69, 9.17) is 12.2 Å². The Morgan fingerprint density at radius 1 is 1.17 bits per heavy atom. The minimum atomic E-state index is 0.447. The van der Waals surface area contributed by atoms with Gasteiger partial charge in [0.25, 0.3) is 0 Å². The average Bonchev–Trinajstić information content (AvgIpc) is 3.23. The lowest BCUT2D eigenvalue weighted by Gasteiger charge is -2.00. The number of nitrogens with zero attached hydrogens (tertiary/aromatic N) is 4. The molecule has 23 heavy (non-hydrogen) atoms. The number of halogens is 1. The molecule has 0 bridgehead atoms. The van der Waals surface area contributed by atoms with Gasteiger partial charge < -0.3 is 0 Å². The quantitative estimate of drug-likeness (QED) is 0.532. The lowest BCUT2D eigenvalue weighted by Crippen LogP contribution is -1.97. The second-order valence-corrected chi connectivity index (χ2v) is 6.65. The Balaban J connectivity index is 1.73. The topological polar surface area (TPSA) is 74.7 Å². The van der Waals surface area contributed by atoms with Gasteiger partial charge in [-0.1, -0.05) is 28.1 Å². The highest BCUT2D eigenvalue weighted by molar-refractivity contribution is 9.10. The summed E-state index contributed by atoms with van der Waals surface area (Å²) in [6.45, 7) is 0. The minimum Gasteiger partial charge on any atom is -0.282 e. The maximum atomic E-state index is 5.30. The highest BCUT2D eigenvalue weighted by Crippen LogP contribution is 2.29. The first kappa shape index (κ1) is 14.5. The molecule has 3 aromatic rings. The van der Waals surface area contributed by atoms with Crippen LogP contribution in [0, 0.1) is 4.77 Å². The highest BCUT2D eigenvalue weighted by atomic mass is 79.9. The number of aryl methyl sites for hydroxylation is 1. The van der Waals surface area contributed by atoms with Gasteiger partial charge in [0.05, 0.1) is 6.21 Å². The number of nitrogens with one attached hydrogen (secondary N) is 2. The number of H-pyrrole nitrogens is 2. The molecule has 6 nitrogen and oxygen atoms in total. The number of aromatic amines is 2. The molecule has 1 aromatic carbocycles. The van der Waals surface area contributed by atoms with Crippen LogP contribution in [0.1, 0.15) is 23.2 Å². The summed E-state index contributed by atoms with van der Waals surface area (Å²) >= 11 is 8.72. The fourth-order valence-electron chi connectivity index (χ4n) is 2.73. The zero-order chi connectivity index (χ0) is 15.8. The third-order valence-electron chi connectivity index (χ3n) is 3.86. The van der Waals surface area contributed by atoms with Crippen LogP contribution in [0.25, 0.3) is 11.5 Å². The van der Waals surface area contributed by atoms with E-state index in [1.165, 1.54) is 11.3 Å². The molecule has 0 atom stereocenters. The van der Waals surface area contributed by atoms with Crippen molar-refractivity contribution in [1.29, 1.82) is 0 Å². The summed E-state index contributed by atoms with van der Waals surface area (Å²) in [5, 5.41) is 19.1. The largest absolute Gasteiger partial charge is 0.282 e. The van der Waals surface area contributed by atoms with Crippen LogP contribution < -0.4 is 0 Å². The van der Waals surface area contributed by atoms with Gasteiger partial charge in [0.2, 0.25) is 10.6 Å². The number of benzene rings is 1. The zero-order valence-corrected chi connectivity index (χ0v) is 14.5. The Bertz CT molecular complexity index is 934. The van der Waals surface area contributed by atoms with Crippen molar-refractivity contribution < 1.29 is 0 Å². The predicted molar refractivity (Wildman–Crippen MR) is 94.2 cm³/mol. The van der Waals surface area contributed by atoms with Gasteiger partial charge in [-0.2, -0.15) is 20.0 Å². The molecule has 0 amide bonds. The Morgan fingerprint density at radius 2 is 2.00 bits per heavy atom. The standard InChI is InChI=1S/C15H13BrN6S/c16-10-6-4-9(5-7-10)8-17-22-14(20-21-15(22)23)13-11-2-1-3-12(11)18-19-13/h4-8H,1-3H2,(H,18,19)(H,21,23)/b17-8-. The van der Waals surface area contributed by atoms with Crippen LogP contribution in [0.2, 0.25) is 0 Å². The van der Waals surface area contributed by atoms with Gasteiger partial charge in [-0.3, -0.25) is 5.10 Å². The van der Waals surface area contributed by atoms with Crippen LogP contribution in [0.5, 0.6) is 0 Å². The Kier molecular flexibility index (Phi) is 3.70. The first-order valence-electron chi connectivity index (χ1n) is 7.26. The Hall–Kier alpha value is -2.06. The van der Waals surface area contributed by atoms with Crippen molar-refractivity contribution in [1.82, 2.24) is 25.1 Å². The van der Waals surface area contributed by atoms with Gasteiger partial charge in [-0.15, -0.1) is 0 Å². The molecule has 116 valence electrons. The van der Waals surface area contributed by atoms with Gasteiger partial charge in [-0.05, 0) is 49.2 Å². The van der Waals surface area contributed by atoms with Crippen molar-refractivity contribution in [2.75, 3.05) is 0 Å². The molecule has 0 spiro atoms. The van der Waals surface area contributed by atoms with E-state index in [2.05, 4.69) is 41.4 Å². The summed E-state index contributed by atoms with van der Waals surface area (Å²) in [4.78, 5) is 0. The second kappa shape index (κ2) is 5.86. The van der Waals surface area contributed by atoms with E-state index in [0.717, 1.165) is 35.0 Å². The van der Waals surface area contributed by atoms with Crippen molar-refractivity contribution in [3.63, 3.8) is 0 Å². The normalized spacial score (nSPS) is 13.8. The minimum absolute atomic E-state index is 0.447. The number of hydrogen-bond donors (Lipinski definition) is 2. The molecule has 0 unspecified atom stereocenters. The molecular formula is C15H13BrN6S. The summed E-state index contributed by atoms with van der Waals surface area (Å²) in [6.07, 6.45) is 4.95. The zero-order valence-electron chi connectivity index (χ0n) is 12.1. The fourth-order valence-corrected chi connectivity index (χ4v) is 3.17. The van der Waals surface area contributed by atoms with Crippen molar-refractivity contribution in [2.24, 2.45) is 5.10 Å². The summed E-state index contributed by atoms with van der Waals surface area (Å²) in [6, 6.07) is 7.89. The first-order chi connectivity index (χ1) is 11.2. The van der Waals surface area contributed by atoms with Gasteiger partial charge in [0.15, 0.2) is 0 Å². The summed E-state index contributed by atoms with van der Waals surface area (Å²) in [5.41, 5.74) is 4.23. The van der Waals surface area contributed by atoms with E-state index >= 15 is 0 Å². The average molecular weight is 389 g/mol. The molecule has 2 N–H and O–H groups in total. The molecule has 0 aliphatic heterocycles. The maximum Gasteiger partial charge on any atom is 0.216 e.